The van der Waals surface area contributed by atoms with Crippen LogP contribution in [0.15, 0.2) is 48.8 Å². The summed E-state index contributed by atoms with van der Waals surface area (Å²) in [6.45, 7) is 17.4. The van der Waals surface area contributed by atoms with Gasteiger partial charge in [-0.1, -0.05) is 18.7 Å². The summed E-state index contributed by atoms with van der Waals surface area (Å²) in [4.78, 5) is 12.7. The van der Waals surface area contributed by atoms with Crippen LogP contribution in [0.3, 0.4) is 0 Å². The first kappa shape index (κ1) is 21.2. The lowest BCUT2D eigenvalue weighted by atomic mass is 9.94. The zero-order valence-corrected chi connectivity index (χ0v) is 18.3. The number of ether oxygens (including phenoxy) is 1. The van der Waals surface area contributed by atoms with Gasteiger partial charge in [0.25, 0.3) is 0 Å². The molecule has 1 N–H and O–H groups in total. The predicted octanol–water partition coefficient (Wildman–Crippen LogP) is 4.02. The van der Waals surface area contributed by atoms with Gasteiger partial charge in [-0.15, -0.1) is 0 Å². The van der Waals surface area contributed by atoms with Crippen LogP contribution >= 0.6 is 0 Å². The van der Waals surface area contributed by atoms with E-state index in [9.17, 15) is 0 Å². The van der Waals surface area contributed by atoms with Gasteiger partial charge in [0.15, 0.2) is 0 Å². The maximum Gasteiger partial charge on any atom is 0.205 e. The monoisotopic (exact) mass is 417 g/mol. The van der Waals surface area contributed by atoms with Crippen LogP contribution < -0.4 is 15.0 Å². The highest BCUT2D eigenvalue weighted by Gasteiger charge is 2.22. The van der Waals surface area contributed by atoms with E-state index in [-0.39, 0.29) is 0 Å². The number of hydrogen-bond acceptors (Lipinski definition) is 5. The number of fused-ring (bicyclic) bond motifs is 1. The van der Waals surface area contributed by atoms with Crippen LogP contribution in [0.1, 0.15) is 24.0 Å². The van der Waals surface area contributed by atoms with Crippen molar-refractivity contribution in [2.24, 2.45) is 5.92 Å². The normalized spacial score (nSPS) is 17.0. The van der Waals surface area contributed by atoms with Crippen molar-refractivity contribution in [1.29, 1.82) is 0 Å². The molecule has 0 unspecified atom stereocenters. The first-order valence-electron chi connectivity index (χ1n) is 11.1. The number of hydrogen-bond donors (Lipinski definition) is 1. The van der Waals surface area contributed by atoms with Crippen LogP contribution in [0.4, 0.5) is 11.5 Å². The Bertz CT molecular complexity index is 941. The second-order valence-electron chi connectivity index (χ2n) is 8.36. The van der Waals surface area contributed by atoms with Crippen molar-refractivity contribution >= 4 is 11.5 Å². The molecular weight excluding hydrogens is 386 g/mol. The van der Waals surface area contributed by atoms with Gasteiger partial charge in [-0.3, -0.25) is 9.88 Å². The SMILES string of the molecule is [C-]#[N+]c1ccc(N2CCC(C(=C)NCCN3CCc4cc(OC)ccc4C3)CC2)nc1. The van der Waals surface area contributed by atoms with E-state index in [1.807, 2.05) is 12.1 Å². The van der Waals surface area contributed by atoms with E-state index in [2.05, 4.69) is 49.7 Å². The minimum absolute atomic E-state index is 0.508. The number of pyridine rings is 1. The van der Waals surface area contributed by atoms with Crippen molar-refractivity contribution in [3.63, 3.8) is 0 Å². The van der Waals surface area contributed by atoms with Crippen LogP contribution in [-0.2, 0) is 13.0 Å². The number of aromatic nitrogens is 1. The lowest BCUT2D eigenvalue weighted by Crippen LogP contribution is -2.39. The average Bonchev–Trinajstić information content (AvgIpc) is 2.83. The Morgan fingerprint density at radius 1 is 1.23 bits per heavy atom. The van der Waals surface area contributed by atoms with Crippen molar-refractivity contribution in [3.05, 3.63) is 71.3 Å². The van der Waals surface area contributed by atoms with Crippen molar-refractivity contribution in [2.45, 2.75) is 25.8 Å². The third-order valence-corrected chi connectivity index (χ3v) is 6.46. The molecule has 1 aromatic heterocycles. The molecule has 162 valence electrons. The quantitative estimate of drug-likeness (QED) is 0.690. The summed E-state index contributed by atoms with van der Waals surface area (Å²) in [7, 11) is 1.73. The Morgan fingerprint density at radius 3 is 2.77 bits per heavy atom. The van der Waals surface area contributed by atoms with Crippen LogP contribution in [0, 0.1) is 12.5 Å². The van der Waals surface area contributed by atoms with Crippen molar-refractivity contribution < 1.29 is 4.74 Å². The van der Waals surface area contributed by atoms with Crippen molar-refractivity contribution in [1.82, 2.24) is 15.2 Å². The zero-order chi connectivity index (χ0) is 21.6. The van der Waals surface area contributed by atoms with E-state index in [0.29, 0.717) is 11.6 Å². The Morgan fingerprint density at radius 2 is 2.06 bits per heavy atom. The van der Waals surface area contributed by atoms with Gasteiger partial charge in [-0.05, 0) is 48.6 Å². The molecule has 0 atom stereocenters. The molecule has 1 saturated heterocycles. The Kier molecular flexibility index (Phi) is 6.73. The summed E-state index contributed by atoms with van der Waals surface area (Å²) >= 11 is 0. The van der Waals surface area contributed by atoms with Crippen LogP contribution in [0.5, 0.6) is 5.75 Å². The molecule has 6 heteroatoms. The summed E-state index contributed by atoms with van der Waals surface area (Å²) in [5.41, 5.74) is 4.58. The van der Waals surface area contributed by atoms with Crippen molar-refractivity contribution in [2.75, 3.05) is 44.7 Å². The summed E-state index contributed by atoms with van der Waals surface area (Å²) in [5, 5.41) is 3.59. The number of anilines is 1. The van der Waals surface area contributed by atoms with E-state index in [4.69, 9.17) is 11.3 Å². The van der Waals surface area contributed by atoms with E-state index >= 15 is 0 Å². The van der Waals surface area contributed by atoms with Crippen LogP contribution in [0.2, 0.25) is 0 Å². The molecule has 6 nitrogen and oxygen atoms in total. The number of nitrogens with zero attached hydrogens (tertiary/aromatic N) is 4. The molecule has 1 fully saturated rings. The number of allylic oxidation sites excluding steroid dienone is 1. The predicted molar refractivity (Wildman–Crippen MR) is 125 cm³/mol. The van der Waals surface area contributed by atoms with Crippen LogP contribution in [-0.4, -0.2) is 49.7 Å². The molecule has 1 aromatic carbocycles. The summed E-state index contributed by atoms with van der Waals surface area (Å²) in [5.74, 6) is 2.42. The molecule has 0 amide bonds. The van der Waals surface area contributed by atoms with E-state index < -0.39 is 0 Å². The average molecular weight is 418 g/mol. The van der Waals surface area contributed by atoms with Gasteiger partial charge < -0.3 is 15.0 Å². The zero-order valence-electron chi connectivity index (χ0n) is 18.3. The highest BCUT2D eigenvalue weighted by molar-refractivity contribution is 5.49. The lowest BCUT2D eigenvalue weighted by molar-refractivity contribution is 0.254. The molecule has 2 aromatic rings. The van der Waals surface area contributed by atoms with Gasteiger partial charge in [0.05, 0.1) is 13.7 Å². The Hall–Kier alpha value is -3.04. The van der Waals surface area contributed by atoms with E-state index in [1.165, 1.54) is 11.1 Å². The van der Waals surface area contributed by atoms with Gasteiger partial charge in [0, 0.05) is 57.1 Å². The third-order valence-electron chi connectivity index (χ3n) is 6.46. The smallest absolute Gasteiger partial charge is 0.205 e. The van der Waals surface area contributed by atoms with Gasteiger partial charge in [0.1, 0.15) is 11.6 Å². The van der Waals surface area contributed by atoms with Gasteiger partial charge in [0.2, 0.25) is 5.69 Å². The molecular formula is C25H31N5O. The lowest BCUT2D eigenvalue weighted by Gasteiger charge is -2.34. The fourth-order valence-corrected chi connectivity index (χ4v) is 4.51. The highest BCUT2D eigenvalue weighted by atomic mass is 16.5. The number of benzene rings is 1. The molecule has 3 heterocycles. The standard InChI is InChI=1S/C25H31N5O/c1-19(20-9-13-30(14-10-20)25-7-5-23(26-2)17-28-25)27-11-15-29-12-8-21-16-24(31-3)6-4-22(21)18-29/h4-7,16-17,20,27H,1,8-15,18H2,3H3. The first-order valence-corrected chi connectivity index (χ1v) is 11.1. The number of methoxy groups -OCH3 is 1. The first-order chi connectivity index (χ1) is 15.2. The Balaban J connectivity index is 1.19. The molecule has 2 aliphatic heterocycles. The van der Waals surface area contributed by atoms with E-state index in [1.54, 1.807) is 13.3 Å². The van der Waals surface area contributed by atoms with Gasteiger partial charge in [-0.25, -0.2) is 4.85 Å². The van der Waals surface area contributed by atoms with Crippen molar-refractivity contribution in [3.8, 4) is 5.75 Å². The third kappa shape index (κ3) is 5.18. The fourth-order valence-electron chi connectivity index (χ4n) is 4.51. The van der Waals surface area contributed by atoms with Gasteiger partial charge in [-0.2, -0.15) is 0 Å². The molecule has 0 radical (unpaired) electrons. The maximum absolute atomic E-state index is 7.05. The Labute approximate surface area is 185 Å². The highest BCUT2D eigenvalue weighted by Crippen LogP contribution is 2.26. The minimum atomic E-state index is 0.508. The van der Waals surface area contributed by atoms with Crippen LogP contribution in [0.25, 0.3) is 4.85 Å². The molecule has 31 heavy (non-hydrogen) atoms. The summed E-state index contributed by atoms with van der Waals surface area (Å²) in [6.07, 6.45) is 4.90. The number of rotatable bonds is 7. The summed E-state index contributed by atoms with van der Waals surface area (Å²) < 4.78 is 5.35. The number of nitrogens with one attached hydrogen (secondary N) is 1. The molecule has 0 spiro atoms. The molecule has 2 aliphatic rings. The summed E-state index contributed by atoms with van der Waals surface area (Å²) in [6, 6.07) is 10.2. The molecule has 0 aliphatic carbocycles. The second kappa shape index (κ2) is 9.84. The molecule has 4 rings (SSSR count). The topological polar surface area (TPSA) is 45.0 Å². The van der Waals surface area contributed by atoms with E-state index in [0.717, 1.165) is 75.8 Å². The minimum Gasteiger partial charge on any atom is -0.497 e. The molecule has 0 saturated carbocycles. The largest absolute Gasteiger partial charge is 0.497 e. The maximum atomic E-state index is 7.05. The number of piperidine rings is 1. The fraction of sp³-hybridized carbons (Fsp3) is 0.440. The molecule has 0 bridgehead atoms. The van der Waals surface area contributed by atoms with Gasteiger partial charge >= 0.3 is 0 Å². The second-order valence-corrected chi connectivity index (χ2v) is 8.36.